The van der Waals surface area contributed by atoms with E-state index in [1.54, 1.807) is 0 Å². The van der Waals surface area contributed by atoms with E-state index < -0.39 is 6.49 Å². The van der Waals surface area contributed by atoms with Crippen LogP contribution in [0.15, 0.2) is 36.1 Å². The highest BCUT2D eigenvalue weighted by atomic mass is 32.5. The molecule has 0 saturated heterocycles. The predicted molar refractivity (Wildman–Crippen MR) is 73.0 cm³/mol. The molecule has 0 spiro atoms. The van der Waals surface area contributed by atoms with E-state index in [2.05, 4.69) is 0 Å². The number of benzene rings is 1. The van der Waals surface area contributed by atoms with Crippen LogP contribution in [0.5, 0.6) is 0 Å². The van der Waals surface area contributed by atoms with Gasteiger partial charge in [-0.25, -0.2) is 0 Å². The summed E-state index contributed by atoms with van der Waals surface area (Å²) >= 11 is 5.38. The molecule has 0 aliphatic rings. The fraction of sp³-hybridized carbons (Fsp3) is 0.333. The van der Waals surface area contributed by atoms with Crippen LogP contribution in [0, 0.1) is 0 Å². The standard InChI is InChI=1S/C12H17O2PS/c1-3-13-15(16,14-4-2)11-10-12-8-6-5-7-9-12/h5-11H,3-4H2,1-2H3/b11-10+. The minimum absolute atomic E-state index is 0.580. The summed E-state index contributed by atoms with van der Waals surface area (Å²) in [5.41, 5.74) is 1.11. The Balaban J connectivity index is 2.75. The van der Waals surface area contributed by atoms with Crippen LogP contribution in [0.4, 0.5) is 0 Å². The lowest BCUT2D eigenvalue weighted by Gasteiger charge is -2.16. The molecule has 2 nitrogen and oxygen atoms in total. The van der Waals surface area contributed by atoms with Gasteiger partial charge in [0, 0.05) is 5.82 Å². The van der Waals surface area contributed by atoms with Crippen molar-refractivity contribution < 1.29 is 9.05 Å². The van der Waals surface area contributed by atoms with Crippen molar-refractivity contribution in [2.24, 2.45) is 0 Å². The van der Waals surface area contributed by atoms with Crippen LogP contribution < -0.4 is 0 Å². The quantitative estimate of drug-likeness (QED) is 0.716. The molecular weight excluding hydrogens is 239 g/mol. The molecular formula is C12H17O2PS. The average Bonchev–Trinajstić information content (AvgIpc) is 2.29. The first kappa shape index (κ1) is 13.6. The fourth-order valence-electron chi connectivity index (χ4n) is 1.22. The molecule has 0 saturated carbocycles. The molecule has 0 fully saturated rings. The highest BCUT2D eigenvalue weighted by Crippen LogP contribution is 2.50. The Labute approximate surface area is 102 Å². The van der Waals surface area contributed by atoms with E-state index in [1.165, 1.54) is 0 Å². The van der Waals surface area contributed by atoms with Crippen molar-refractivity contribution in [2.75, 3.05) is 13.2 Å². The zero-order chi connectivity index (χ0) is 11.9. The van der Waals surface area contributed by atoms with E-state index in [9.17, 15) is 0 Å². The maximum atomic E-state index is 5.51. The normalized spacial score (nSPS) is 12.1. The second kappa shape index (κ2) is 6.97. The Morgan fingerprint density at radius 1 is 1.12 bits per heavy atom. The lowest BCUT2D eigenvalue weighted by Crippen LogP contribution is -1.92. The minimum atomic E-state index is -2.23. The molecule has 0 bridgehead atoms. The largest absolute Gasteiger partial charge is 0.327 e. The van der Waals surface area contributed by atoms with Crippen LogP contribution in [0.3, 0.4) is 0 Å². The van der Waals surface area contributed by atoms with E-state index in [0.29, 0.717) is 13.2 Å². The highest BCUT2D eigenvalue weighted by Gasteiger charge is 2.12. The van der Waals surface area contributed by atoms with Gasteiger partial charge in [-0.1, -0.05) is 30.3 Å². The summed E-state index contributed by atoms with van der Waals surface area (Å²) in [5, 5.41) is 0. The first-order chi connectivity index (χ1) is 7.70. The molecule has 0 unspecified atom stereocenters. The second-order valence-corrected chi connectivity index (χ2v) is 6.52. The molecule has 1 rings (SSSR count). The summed E-state index contributed by atoms with van der Waals surface area (Å²) in [4.78, 5) is 0. The molecule has 0 aromatic heterocycles. The van der Waals surface area contributed by atoms with Crippen molar-refractivity contribution in [3.8, 4) is 0 Å². The van der Waals surface area contributed by atoms with Crippen LogP contribution >= 0.6 is 6.49 Å². The summed E-state index contributed by atoms with van der Waals surface area (Å²) in [6.45, 7) is 2.78. The molecule has 0 aliphatic heterocycles. The monoisotopic (exact) mass is 256 g/mol. The number of rotatable bonds is 6. The van der Waals surface area contributed by atoms with Gasteiger partial charge in [-0.3, -0.25) is 0 Å². The van der Waals surface area contributed by atoms with Gasteiger partial charge in [0.2, 0.25) is 6.49 Å². The Kier molecular flexibility index (Phi) is 5.93. The van der Waals surface area contributed by atoms with E-state index in [4.69, 9.17) is 20.9 Å². The third-order valence-corrected chi connectivity index (χ3v) is 4.62. The highest BCUT2D eigenvalue weighted by molar-refractivity contribution is 8.11. The second-order valence-electron chi connectivity index (χ2n) is 3.10. The molecule has 0 radical (unpaired) electrons. The fourth-order valence-corrected chi connectivity index (χ4v) is 3.36. The third-order valence-electron chi connectivity index (χ3n) is 1.87. The van der Waals surface area contributed by atoms with E-state index in [0.717, 1.165) is 5.56 Å². The van der Waals surface area contributed by atoms with E-state index >= 15 is 0 Å². The van der Waals surface area contributed by atoms with Crippen molar-refractivity contribution >= 4 is 24.4 Å². The van der Waals surface area contributed by atoms with Gasteiger partial charge in [0.25, 0.3) is 0 Å². The number of hydrogen-bond acceptors (Lipinski definition) is 3. The summed E-state index contributed by atoms with van der Waals surface area (Å²) in [6, 6.07) is 10.0. The topological polar surface area (TPSA) is 18.5 Å². The number of hydrogen-bond donors (Lipinski definition) is 0. The molecule has 88 valence electrons. The van der Waals surface area contributed by atoms with Crippen LogP contribution in [0.2, 0.25) is 0 Å². The van der Waals surface area contributed by atoms with Crippen LogP contribution in [0.25, 0.3) is 6.08 Å². The Morgan fingerprint density at radius 3 is 2.19 bits per heavy atom. The van der Waals surface area contributed by atoms with Gasteiger partial charge in [0.1, 0.15) is 0 Å². The van der Waals surface area contributed by atoms with Crippen LogP contribution in [-0.4, -0.2) is 13.2 Å². The summed E-state index contributed by atoms with van der Waals surface area (Å²) in [5.74, 6) is 1.88. The smallest absolute Gasteiger partial charge is 0.212 e. The lowest BCUT2D eigenvalue weighted by molar-refractivity contribution is 0.274. The zero-order valence-corrected chi connectivity index (χ0v) is 11.3. The molecule has 0 N–H and O–H groups in total. The van der Waals surface area contributed by atoms with Gasteiger partial charge in [0.05, 0.1) is 13.2 Å². The molecule has 0 atom stereocenters. The Hall–Kier alpha value is -0.470. The van der Waals surface area contributed by atoms with Gasteiger partial charge in [-0.05, 0) is 37.3 Å². The minimum Gasteiger partial charge on any atom is -0.327 e. The molecule has 4 heteroatoms. The maximum Gasteiger partial charge on any atom is 0.212 e. The Morgan fingerprint density at radius 2 is 1.69 bits per heavy atom. The molecule has 0 amide bonds. The van der Waals surface area contributed by atoms with E-state index in [1.807, 2.05) is 56.1 Å². The average molecular weight is 256 g/mol. The molecule has 1 aromatic rings. The van der Waals surface area contributed by atoms with Gasteiger partial charge in [-0.15, -0.1) is 0 Å². The SMILES string of the molecule is CCOP(=S)(/C=C/c1ccccc1)OCC. The van der Waals surface area contributed by atoms with Crippen molar-refractivity contribution in [1.29, 1.82) is 0 Å². The predicted octanol–water partition coefficient (Wildman–Crippen LogP) is 4.04. The molecule has 0 heterocycles. The summed E-state index contributed by atoms with van der Waals surface area (Å²) < 4.78 is 11.0. The van der Waals surface area contributed by atoms with Crippen molar-refractivity contribution in [3.05, 3.63) is 41.7 Å². The summed E-state index contributed by atoms with van der Waals surface area (Å²) in [6.07, 6.45) is 1.96. The lowest BCUT2D eigenvalue weighted by atomic mass is 10.2. The first-order valence-electron chi connectivity index (χ1n) is 5.33. The van der Waals surface area contributed by atoms with Crippen molar-refractivity contribution in [3.63, 3.8) is 0 Å². The van der Waals surface area contributed by atoms with Gasteiger partial charge >= 0.3 is 0 Å². The van der Waals surface area contributed by atoms with Gasteiger partial charge in [-0.2, -0.15) is 0 Å². The third kappa shape index (κ3) is 4.58. The molecule has 1 aromatic carbocycles. The molecule has 16 heavy (non-hydrogen) atoms. The van der Waals surface area contributed by atoms with Crippen molar-refractivity contribution in [2.45, 2.75) is 13.8 Å². The van der Waals surface area contributed by atoms with E-state index in [-0.39, 0.29) is 0 Å². The van der Waals surface area contributed by atoms with Crippen LogP contribution in [-0.2, 0) is 20.9 Å². The molecule has 0 aliphatic carbocycles. The van der Waals surface area contributed by atoms with Crippen LogP contribution in [0.1, 0.15) is 19.4 Å². The first-order valence-corrected chi connectivity index (χ1v) is 8.04. The Bertz CT molecular complexity index is 366. The summed E-state index contributed by atoms with van der Waals surface area (Å²) in [7, 11) is 0. The van der Waals surface area contributed by atoms with Gasteiger partial charge < -0.3 is 9.05 Å². The van der Waals surface area contributed by atoms with Gasteiger partial charge in [0.15, 0.2) is 0 Å². The zero-order valence-electron chi connectivity index (χ0n) is 9.63. The van der Waals surface area contributed by atoms with Crippen molar-refractivity contribution in [1.82, 2.24) is 0 Å². The maximum absolute atomic E-state index is 5.51.